The van der Waals surface area contributed by atoms with Crippen LogP contribution < -0.4 is 10.0 Å². The Morgan fingerprint density at radius 3 is 2.21 bits per heavy atom. The van der Waals surface area contributed by atoms with E-state index in [0.29, 0.717) is 5.69 Å². The molecule has 2 aromatic carbocycles. The zero-order valence-corrected chi connectivity index (χ0v) is 14.5. The molecular weight excluding hydrogens is 402 g/mol. The van der Waals surface area contributed by atoms with Crippen molar-refractivity contribution in [3.63, 3.8) is 0 Å². The molecule has 126 valence electrons. The number of hydrogen-bond acceptors (Lipinski definition) is 5. The molecule has 0 aromatic heterocycles. The van der Waals surface area contributed by atoms with Gasteiger partial charge in [0.2, 0.25) is 15.9 Å². The lowest BCUT2D eigenvalue weighted by atomic mass is 10.3. The number of carbonyl (C=O) groups is 1. The van der Waals surface area contributed by atoms with Crippen molar-refractivity contribution in [3.05, 3.63) is 63.1 Å². The maximum atomic E-state index is 12.0. The summed E-state index contributed by atoms with van der Waals surface area (Å²) in [6.07, 6.45) is 0. The molecule has 2 rings (SSSR count). The Kier molecular flexibility index (Phi) is 5.65. The molecule has 10 heteroatoms. The van der Waals surface area contributed by atoms with Gasteiger partial charge in [-0.15, -0.1) is 0 Å². The van der Waals surface area contributed by atoms with E-state index in [9.17, 15) is 23.3 Å². The van der Waals surface area contributed by atoms with Crippen LogP contribution in [0, 0.1) is 10.1 Å². The fourth-order valence-electron chi connectivity index (χ4n) is 1.73. The van der Waals surface area contributed by atoms with Crippen molar-refractivity contribution in [2.24, 2.45) is 0 Å². The molecular formula is C14H12BrN3O5S. The van der Waals surface area contributed by atoms with E-state index in [0.717, 1.165) is 4.47 Å². The molecule has 8 nitrogen and oxygen atoms in total. The fourth-order valence-corrected chi connectivity index (χ4v) is 2.98. The molecule has 0 heterocycles. The van der Waals surface area contributed by atoms with E-state index in [1.807, 2.05) is 0 Å². The minimum atomic E-state index is -3.80. The number of hydrogen-bond donors (Lipinski definition) is 2. The Hall–Kier alpha value is -2.30. The maximum Gasteiger partial charge on any atom is 0.269 e. The van der Waals surface area contributed by atoms with Gasteiger partial charge in [0, 0.05) is 22.3 Å². The Morgan fingerprint density at radius 1 is 1.08 bits per heavy atom. The van der Waals surface area contributed by atoms with Crippen molar-refractivity contribution in [2.45, 2.75) is 4.90 Å². The molecule has 2 N–H and O–H groups in total. The normalized spacial score (nSPS) is 11.0. The highest BCUT2D eigenvalue weighted by molar-refractivity contribution is 9.10. The Labute approximate surface area is 146 Å². The highest BCUT2D eigenvalue weighted by Crippen LogP contribution is 2.16. The van der Waals surface area contributed by atoms with Crippen LogP contribution in [0.1, 0.15) is 0 Å². The predicted molar refractivity (Wildman–Crippen MR) is 91.1 cm³/mol. The fraction of sp³-hybridized carbons (Fsp3) is 0.0714. The smallest absolute Gasteiger partial charge is 0.269 e. The summed E-state index contributed by atoms with van der Waals surface area (Å²) in [6, 6.07) is 11.2. The molecule has 24 heavy (non-hydrogen) atoms. The SMILES string of the molecule is O=C(CNS(=O)(=O)c1ccc(Br)cc1)Nc1ccc([N+](=O)[O-])cc1. The van der Waals surface area contributed by atoms with Gasteiger partial charge in [0.25, 0.3) is 5.69 Å². The number of carbonyl (C=O) groups excluding carboxylic acids is 1. The predicted octanol–water partition coefficient (Wildman–Crippen LogP) is 2.27. The second-order valence-electron chi connectivity index (χ2n) is 4.63. The van der Waals surface area contributed by atoms with E-state index < -0.39 is 27.4 Å². The van der Waals surface area contributed by atoms with Crippen LogP contribution in [0.4, 0.5) is 11.4 Å². The zero-order chi connectivity index (χ0) is 17.7. The first-order chi connectivity index (χ1) is 11.3. The van der Waals surface area contributed by atoms with Crippen LogP contribution in [0.3, 0.4) is 0 Å². The summed E-state index contributed by atoms with van der Waals surface area (Å²) in [7, 11) is -3.80. The van der Waals surface area contributed by atoms with Crippen molar-refractivity contribution in [2.75, 3.05) is 11.9 Å². The number of halogens is 1. The second kappa shape index (κ2) is 7.51. The van der Waals surface area contributed by atoms with Gasteiger partial charge in [0.15, 0.2) is 0 Å². The minimum Gasteiger partial charge on any atom is -0.325 e. The number of benzene rings is 2. The summed E-state index contributed by atoms with van der Waals surface area (Å²) in [5, 5.41) is 13.0. The van der Waals surface area contributed by atoms with Crippen molar-refractivity contribution in [3.8, 4) is 0 Å². The number of sulfonamides is 1. The Bertz CT molecular complexity index is 851. The molecule has 0 aliphatic rings. The molecule has 0 spiro atoms. The van der Waals surface area contributed by atoms with E-state index in [2.05, 4.69) is 26.0 Å². The molecule has 0 radical (unpaired) electrons. The molecule has 0 saturated heterocycles. The van der Waals surface area contributed by atoms with Gasteiger partial charge >= 0.3 is 0 Å². The first kappa shape index (κ1) is 18.0. The van der Waals surface area contributed by atoms with Crippen LogP contribution in [0.15, 0.2) is 57.9 Å². The maximum absolute atomic E-state index is 12.0. The van der Waals surface area contributed by atoms with E-state index in [4.69, 9.17) is 0 Å². The summed E-state index contributed by atoms with van der Waals surface area (Å²) >= 11 is 3.20. The highest BCUT2D eigenvalue weighted by atomic mass is 79.9. The van der Waals surface area contributed by atoms with Crippen molar-refractivity contribution in [1.82, 2.24) is 4.72 Å². The van der Waals surface area contributed by atoms with Crippen LogP contribution in [-0.2, 0) is 14.8 Å². The lowest BCUT2D eigenvalue weighted by Crippen LogP contribution is -2.32. The average molecular weight is 414 g/mol. The summed E-state index contributed by atoms with van der Waals surface area (Å²) in [4.78, 5) is 21.8. The summed E-state index contributed by atoms with van der Waals surface area (Å²) < 4.78 is 27.0. The Morgan fingerprint density at radius 2 is 1.67 bits per heavy atom. The summed E-state index contributed by atoms with van der Waals surface area (Å²) in [6.45, 7) is -0.463. The average Bonchev–Trinajstić information content (AvgIpc) is 2.54. The standard InChI is InChI=1S/C14H12BrN3O5S/c15-10-1-7-13(8-2-10)24(22,23)16-9-14(19)17-11-3-5-12(6-4-11)18(20)21/h1-8,16H,9H2,(H,17,19). The molecule has 0 aliphatic carbocycles. The quantitative estimate of drug-likeness (QED) is 0.555. The lowest BCUT2D eigenvalue weighted by molar-refractivity contribution is -0.384. The molecule has 0 bridgehead atoms. The van der Waals surface area contributed by atoms with Gasteiger partial charge in [-0.05, 0) is 36.4 Å². The van der Waals surface area contributed by atoms with Crippen LogP contribution >= 0.6 is 15.9 Å². The van der Waals surface area contributed by atoms with Crippen LogP contribution in [0.25, 0.3) is 0 Å². The third-order valence-electron chi connectivity index (χ3n) is 2.91. The largest absolute Gasteiger partial charge is 0.325 e. The van der Waals surface area contributed by atoms with Crippen molar-refractivity contribution >= 4 is 43.2 Å². The first-order valence-electron chi connectivity index (χ1n) is 6.57. The van der Waals surface area contributed by atoms with Gasteiger partial charge in [-0.3, -0.25) is 14.9 Å². The van der Waals surface area contributed by atoms with Gasteiger partial charge in [-0.1, -0.05) is 15.9 Å². The monoisotopic (exact) mass is 413 g/mol. The molecule has 0 unspecified atom stereocenters. The van der Waals surface area contributed by atoms with Crippen molar-refractivity contribution in [1.29, 1.82) is 0 Å². The number of nitrogens with zero attached hydrogens (tertiary/aromatic N) is 1. The third kappa shape index (κ3) is 4.85. The molecule has 0 saturated carbocycles. The second-order valence-corrected chi connectivity index (χ2v) is 7.31. The van der Waals surface area contributed by atoms with Gasteiger partial charge < -0.3 is 5.32 Å². The van der Waals surface area contributed by atoms with Gasteiger partial charge in [-0.25, -0.2) is 13.1 Å². The van der Waals surface area contributed by atoms with E-state index in [1.165, 1.54) is 36.4 Å². The third-order valence-corrected chi connectivity index (χ3v) is 4.85. The van der Waals surface area contributed by atoms with Crippen molar-refractivity contribution < 1.29 is 18.1 Å². The molecule has 1 amide bonds. The van der Waals surface area contributed by atoms with E-state index in [1.54, 1.807) is 12.1 Å². The topological polar surface area (TPSA) is 118 Å². The number of anilines is 1. The van der Waals surface area contributed by atoms with E-state index >= 15 is 0 Å². The zero-order valence-electron chi connectivity index (χ0n) is 12.1. The van der Waals surface area contributed by atoms with E-state index in [-0.39, 0.29) is 10.6 Å². The van der Waals surface area contributed by atoms with Gasteiger partial charge in [-0.2, -0.15) is 0 Å². The number of amides is 1. The highest BCUT2D eigenvalue weighted by Gasteiger charge is 2.15. The number of non-ortho nitro benzene ring substituents is 1. The minimum absolute atomic E-state index is 0.0360. The lowest BCUT2D eigenvalue weighted by Gasteiger charge is -2.08. The molecule has 0 fully saturated rings. The Balaban J connectivity index is 1.95. The molecule has 0 aliphatic heterocycles. The molecule has 2 aromatic rings. The summed E-state index contributed by atoms with van der Waals surface area (Å²) in [5.41, 5.74) is 0.220. The van der Waals surface area contributed by atoms with Crippen LogP contribution in [0.5, 0.6) is 0 Å². The number of nitro benzene ring substituents is 1. The number of nitro groups is 1. The van der Waals surface area contributed by atoms with Gasteiger partial charge in [0.1, 0.15) is 0 Å². The number of nitrogens with one attached hydrogen (secondary N) is 2. The first-order valence-corrected chi connectivity index (χ1v) is 8.85. The van der Waals surface area contributed by atoms with Crippen LogP contribution in [-0.4, -0.2) is 25.8 Å². The molecule has 0 atom stereocenters. The number of rotatable bonds is 6. The van der Waals surface area contributed by atoms with Crippen LogP contribution in [0.2, 0.25) is 0 Å². The summed E-state index contributed by atoms with van der Waals surface area (Å²) in [5.74, 6) is -0.593. The van der Waals surface area contributed by atoms with Gasteiger partial charge in [0.05, 0.1) is 16.4 Å².